The van der Waals surface area contributed by atoms with Crippen molar-refractivity contribution in [3.63, 3.8) is 0 Å². The molecule has 2 aromatic carbocycles. The van der Waals surface area contributed by atoms with Gasteiger partial charge in [0, 0.05) is 42.9 Å². The molecule has 5 nitrogen and oxygen atoms in total. The lowest BCUT2D eigenvalue weighted by Crippen LogP contribution is -2.48. The van der Waals surface area contributed by atoms with Gasteiger partial charge in [-0.3, -0.25) is 14.1 Å². The Morgan fingerprint density at radius 1 is 1.13 bits per heavy atom. The number of likely N-dealkylation sites (tertiary alicyclic amines) is 1. The standard InChI is InChI=1S/C24H34N4OS.HI/c1-3-25-24(26-14-17-30(29)23-10-5-4-6-11-23)27-22-12-15-28(16-13-22)19-21-9-7-8-20(2)18-21;/h4-11,18,22H,3,12-17,19H2,1-2H3,(H2,25,26,27);1H. The molecule has 0 bridgehead atoms. The van der Waals surface area contributed by atoms with Crippen LogP contribution in [0.4, 0.5) is 0 Å². The SMILES string of the molecule is CCNC(=NCCS(=O)c1ccccc1)NC1CCN(Cc2cccc(C)c2)CC1.I. The van der Waals surface area contributed by atoms with Crippen LogP contribution < -0.4 is 10.6 Å². The molecule has 1 unspecified atom stereocenters. The molecule has 1 aliphatic heterocycles. The Hall–Kier alpha value is -1.45. The van der Waals surface area contributed by atoms with E-state index in [4.69, 9.17) is 0 Å². The number of nitrogens with zero attached hydrogens (tertiary/aromatic N) is 2. The summed E-state index contributed by atoms with van der Waals surface area (Å²) in [6, 6.07) is 18.8. The van der Waals surface area contributed by atoms with Crippen molar-refractivity contribution in [1.82, 2.24) is 15.5 Å². The Morgan fingerprint density at radius 2 is 1.87 bits per heavy atom. The van der Waals surface area contributed by atoms with Crippen molar-refractivity contribution >= 4 is 40.7 Å². The fourth-order valence-electron chi connectivity index (χ4n) is 3.75. The Balaban J connectivity index is 0.00000341. The number of nitrogens with one attached hydrogen (secondary N) is 2. The molecule has 1 atom stereocenters. The van der Waals surface area contributed by atoms with Gasteiger partial charge in [-0.05, 0) is 44.4 Å². The highest BCUT2D eigenvalue weighted by atomic mass is 127. The zero-order valence-electron chi connectivity index (χ0n) is 18.5. The van der Waals surface area contributed by atoms with E-state index in [1.54, 1.807) is 0 Å². The maximum Gasteiger partial charge on any atom is 0.191 e. The van der Waals surface area contributed by atoms with E-state index in [-0.39, 0.29) is 24.0 Å². The van der Waals surface area contributed by atoms with Gasteiger partial charge in [0.2, 0.25) is 0 Å². The predicted octanol–water partition coefficient (Wildman–Crippen LogP) is 3.94. The number of benzene rings is 2. The molecule has 0 aromatic heterocycles. The topological polar surface area (TPSA) is 56.7 Å². The zero-order chi connectivity index (χ0) is 21.2. The molecule has 0 amide bonds. The first-order valence-electron chi connectivity index (χ1n) is 10.9. The summed E-state index contributed by atoms with van der Waals surface area (Å²) in [7, 11) is -1.01. The maximum absolute atomic E-state index is 12.4. The summed E-state index contributed by atoms with van der Waals surface area (Å²) in [6.07, 6.45) is 2.21. The van der Waals surface area contributed by atoms with Gasteiger partial charge < -0.3 is 10.6 Å². The van der Waals surface area contributed by atoms with Gasteiger partial charge in [-0.1, -0.05) is 48.0 Å². The molecule has 1 heterocycles. The van der Waals surface area contributed by atoms with E-state index in [2.05, 4.69) is 58.6 Å². The molecule has 1 fully saturated rings. The van der Waals surface area contributed by atoms with E-state index >= 15 is 0 Å². The molecule has 3 rings (SSSR count). The molecule has 2 N–H and O–H groups in total. The van der Waals surface area contributed by atoms with Crippen molar-refractivity contribution in [3.05, 3.63) is 65.7 Å². The van der Waals surface area contributed by atoms with E-state index in [0.29, 0.717) is 18.3 Å². The summed E-state index contributed by atoms with van der Waals surface area (Å²) in [5.74, 6) is 1.37. The van der Waals surface area contributed by atoms with Crippen LogP contribution in [0.3, 0.4) is 0 Å². The Morgan fingerprint density at radius 3 is 2.55 bits per heavy atom. The van der Waals surface area contributed by atoms with Crippen LogP contribution in [0.2, 0.25) is 0 Å². The van der Waals surface area contributed by atoms with Crippen LogP contribution in [0.25, 0.3) is 0 Å². The van der Waals surface area contributed by atoms with Crippen molar-refractivity contribution in [2.45, 2.75) is 44.2 Å². The van der Waals surface area contributed by atoms with E-state index in [0.717, 1.165) is 49.9 Å². The minimum absolute atomic E-state index is 0. The minimum Gasteiger partial charge on any atom is -0.357 e. The molecular weight excluding hydrogens is 519 g/mol. The third kappa shape index (κ3) is 8.90. The van der Waals surface area contributed by atoms with Crippen LogP contribution in [-0.4, -0.2) is 53.0 Å². The summed E-state index contributed by atoms with van der Waals surface area (Å²) >= 11 is 0. The first-order chi connectivity index (χ1) is 14.6. The van der Waals surface area contributed by atoms with E-state index < -0.39 is 10.8 Å². The molecular formula is C24H35IN4OS. The van der Waals surface area contributed by atoms with E-state index in [9.17, 15) is 4.21 Å². The molecule has 2 aromatic rings. The average molecular weight is 555 g/mol. The van der Waals surface area contributed by atoms with Gasteiger partial charge in [-0.25, -0.2) is 0 Å². The summed E-state index contributed by atoms with van der Waals surface area (Å²) in [5.41, 5.74) is 2.71. The molecule has 7 heteroatoms. The molecule has 0 aliphatic carbocycles. The molecule has 0 radical (unpaired) electrons. The van der Waals surface area contributed by atoms with Crippen molar-refractivity contribution in [1.29, 1.82) is 0 Å². The number of guanidine groups is 1. The number of aryl methyl sites for hydroxylation is 1. The van der Waals surface area contributed by atoms with Crippen molar-refractivity contribution < 1.29 is 4.21 Å². The summed E-state index contributed by atoms with van der Waals surface area (Å²) in [6.45, 7) is 8.78. The fraction of sp³-hybridized carbons (Fsp3) is 0.458. The molecule has 0 spiro atoms. The Kier molecular flexibility index (Phi) is 11.5. The largest absolute Gasteiger partial charge is 0.357 e. The highest BCUT2D eigenvalue weighted by Crippen LogP contribution is 2.15. The van der Waals surface area contributed by atoms with Crippen molar-refractivity contribution in [3.8, 4) is 0 Å². The smallest absolute Gasteiger partial charge is 0.191 e. The monoisotopic (exact) mass is 554 g/mol. The van der Waals surface area contributed by atoms with Crippen LogP contribution in [-0.2, 0) is 17.3 Å². The van der Waals surface area contributed by atoms with Gasteiger partial charge in [0.25, 0.3) is 0 Å². The Labute approximate surface area is 206 Å². The average Bonchev–Trinajstić information content (AvgIpc) is 2.76. The molecule has 1 saturated heterocycles. The molecule has 31 heavy (non-hydrogen) atoms. The maximum atomic E-state index is 12.4. The van der Waals surface area contributed by atoms with Crippen LogP contribution in [0.15, 0.2) is 64.5 Å². The highest BCUT2D eigenvalue weighted by molar-refractivity contribution is 14.0. The second-order valence-corrected chi connectivity index (χ2v) is 9.38. The third-order valence-electron chi connectivity index (χ3n) is 5.31. The van der Waals surface area contributed by atoms with Gasteiger partial charge in [-0.15, -0.1) is 24.0 Å². The summed E-state index contributed by atoms with van der Waals surface area (Å²) in [4.78, 5) is 8.05. The van der Waals surface area contributed by atoms with Crippen LogP contribution >= 0.6 is 24.0 Å². The minimum atomic E-state index is -1.01. The lowest BCUT2D eigenvalue weighted by atomic mass is 10.0. The first kappa shape index (κ1) is 25.8. The fourth-order valence-corrected chi connectivity index (χ4v) is 4.70. The third-order valence-corrected chi connectivity index (χ3v) is 6.67. The number of rotatable bonds is 8. The van der Waals surface area contributed by atoms with Gasteiger partial charge >= 0.3 is 0 Å². The van der Waals surface area contributed by atoms with Crippen molar-refractivity contribution in [2.24, 2.45) is 4.99 Å². The summed E-state index contributed by atoms with van der Waals surface area (Å²) < 4.78 is 12.4. The number of piperidine rings is 1. The second-order valence-electron chi connectivity index (χ2n) is 7.81. The zero-order valence-corrected chi connectivity index (χ0v) is 21.7. The molecule has 0 saturated carbocycles. The van der Waals surface area contributed by atoms with E-state index in [1.807, 2.05) is 30.3 Å². The normalized spacial score (nSPS) is 16.4. The molecule has 170 valence electrons. The van der Waals surface area contributed by atoms with Gasteiger partial charge in [0.1, 0.15) is 0 Å². The van der Waals surface area contributed by atoms with Gasteiger partial charge in [0.15, 0.2) is 5.96 Å². The number of hydrogen-bond donors (Lipinski definition) is 2. The first-order valence-corrected chi connectivity index (χ1v) is 12.2. The number of aliphatic imine (C=N–C) groups is 1. The molecule has 1 aliphatic rings. The van der Waals surface area contributed by atoms with Gasteiger partial charge in [0.05, 0.1) is 17.3 Å². The highest BCUT2D eigenvalue weighted by Gasteiger charge is 2.20. The lowest BCUT2D eigenvalue weighted by Gasteiger charge is -2.33. The lowest BCUT2D eigenvalue weighted by molar-refractivity contribution is 0.198. The number of hydrogen-bond acceptors (Lipinski definition) is 3. The summed E-state index contributed by atoms with van der Waals surface area (Å²) in [5, 5.41) is 6.90. The van der Waals surface area contributed by atoms with Crippen molar-refractivity contribution in [2.75, 3.05) is 31.9 Å². The quantitative estimate of drug-likeness (QED) is 0.295. The predicted molar refractivity (Wildman–Crippen MR) is 142 cm³/mol. The van der Waals surface area contributed by atoms with Crippen LogP contribution in [0.1, 0.15) is 30.9 Å². The van der Waals surface area contributed by atoms with Gasteiger partial charge in [-0.2, -0.15) is 0 Å². The van der Waals surface area contributed by atoms with Crippen LogP contribution in [0, 0.1) is 6.92 Å². The number of halogens is 1. The Bertz CT molecular complexity index is 838. The van der Waals surface area contributed by atoms with E-state index in [1.165, 1.54) is 11.1 Å². The second kappa shape index (κ2) is 13.9. The van der Waals surface area contributed by atoms with Crippen LogP contribution in [0.5, 0.6) is 0 Å².